The van der Waals surface area contributed by atoms with E-state index in [9.17, 15) is 0 Å². The normalized spacial score (nSPS) is 15.7. The Labute approximate surface area is 129 Å². The van der Waals surface area contributed by atoms with Crippen molar-refractivity contribution in [3.63, 3.8) is 0 Å². The summed E-state index contributed by atoms with van der Waals surface area (Å²) in [4.78, 5) is 8.62. The molecule has 1 aromatic rings. The van der Waals surface area contributed by atoms with Gasteiger partial charge in [-0.1, -0.05) is 36.2 Å². The monoisotopic (exact) mass is 310 g/mol. The van der Waals surface area contributed by atoms with E-state index in [2.05, 4.69) is 29.1 Å². The van der Waals surface area contributed by atoms with Crippen molar-refractivity contribution >= 4 is 34.6 Å². The number of hydrogen-bond acceptors (Lipinski definition) is 3. The van der Waals surface area contributed by atoms with Gasteiger partial charge in [-0.15, -0.1) is 0 Å². The number of aromatic nitrogens is 1. The minimum atomic E-state index is 0.327. The molecule has 20 heavy (non-hydrogen) atoms. The Kier molecular flexibility index (Phi) is 5.21. The molecule has 0 unspecified atom stereocenters. The molecule has 106 valence electrons. The van der Waals surface area contributed by atoms with Gasteiger partial charge >= 0.3 is 0 Å². The van der Waals surface area contributed by atoms with Gasteiger partial charge in [0.15, 0.2) is 5.15 Å². The van der Waals surface area contributed by atoms with Gasteiger partial charge in [0.2, 0.25) is 0 Å². The first-order valence-corrected chi connectivity index (χ1v) is 7.21. The van der Waals surface area contributed by atoms with Crippen LogP contribution in [-0.4, -0.2) is 17.8 Å². The molecule has 0 saturated carbocycles. The van der Waals surface area contributed by atoms with Crippen molar-refractivity contribution in [3.8, 4) is 0 Å². The molecule has 0 spiro atoms. The average molecular weight is 311 g/mol. The number of nitrogens with zero attached hydrogens (tertiary/aromatic N) is 2. The van der Waals surface area contributed by atoms with Crippen molar-refractivity contribution in [2.45, 2.75) is 26.2 Å². The maximum absolute atomic E-state index is 6.06. The lowest BCUT2D eigenvalue weighted by Crippen LogP contribution is -2.05. The first-order valence-electron chi connectivity index (χ1n) is 6.46. The molecule has 0 radical (unpaired) electrons. The largest absolute Gasteiger partial charge is 0.501 e. The van der Waals surface area contributed by atoms with Crippen molar-refractivity contribution in [1.82, 2.24) is 4.98 Å². The van der Waals surface area contributed by atoms with E-state index in [0.717, 1.165) is 30.7 Å². The molecule has 1 aliphatic carbocycles. The molecule has 0 aliphatic heterocycles. The van der Waals surface area contributed by atoms with Gasteiger partial charge in [-0.25, -0.2) is 9.98 Å². The zero-order valence-electron chi connectivity index (χ0n) is 11.5. The lowest BCUT2D eigenvalue weighted by Gasteiger charge is -2.14. The number of rotatable bonds is 4. The van der Waals surface area contributed by atoms with Crippen LogP contribution >= 0.6 is 23.2 Å². The van der Waals surface area contributed by atoms with Gasteiger partial charge in [-0.3, -0.25) is 0 Å². The van der Waals surface area contributed by atoms with E-state index in [0.29, 0.717) is 16.0 Å². The van der Waals surface area contributed by atoms with Crippen LogP contribution in [0.25, 0.3) is 0 Å². The minimum Gasteiger partial charge on any atom is -0.501 e. The van der Waals surface area contributed by atoms with E-state index >= 15 is 0 Å². The summed E-state index contributed by atoms with van der Waals surface area (Å²) in [7, 11) is 1.69. The Morgan fingerprint density at radius 2 is 2.10 bits per heavy atom. The van der Waals surface area contributed by atoms with E-state index in [1.807, 2.05) is 0 Å². The third-order valence-corrected chi connectivity index (χ3v) is 3.61. The summed E-state index contributed by atoms with van der Waals surface area (Å²) in [5.74, 6) is 0.996. The smallest absolute Gasteiger partial charge is 0.156 e. The molecular weight excluding hydrogens is 295 g/mol. The van der Waals surface area contributed by atoms with Gasteiger partial charge in [-0.05, 0) is 36.6 Å². The quantitative estimate of drug-likeness (QED) is 0.571. The zero-order chi connectivity index (χ0) is 14.5. The molecule has 1 aromatic heterocycles. The third kappa shape index (κ3) is 3.62. The maximum atomic E-state index is 6.06. The van der Waals surface area contributed by atoms with E-state index in [1.54, 1.807) is 19.2 Å². The molecule has 3 nitrogen and oxygen atoms in total. The van der Waals surface area contributed by atoms with Gasteiger partial charge in [0.25, 0.3) is 0 Å². The Balaban J connectivity index is 2.24. The third-order valence-electron chi connectivity index (χ3n) is 3.12. The number of ether oxygens (including phenoxy) is 1. The predicted molar refractivity (Wildman–Crippen MR) is 84.1 cm³/mol. The molecule has 0 amide bonds. The lowest BCUT2D eigenvalue weighted by atomic mass is 9.98. The van der Waals surface area contributed by atoms with Crippen LogP contribution in [-0.2, 0) is 4.74 Å². The van der Waals surface area contributed by atoms with Gasteiger partial charge in [-0.2, -0.15) is 0 Å². The fourth-order valence-electron chi connectivity index (χ4n) is 2.03. The highest BCUT2D eigenvalue weighted by Crippen LogP contribution is 2.27. The van der Waals surface area contributed by atoms with Crippen molar-refractivity contribution in [1.29, 1.82) is 0 Å². The first-order chi connectivity index (χ1) is 9.63. The van der Waals surface area contributed by atoms with Gasteiger partial charge < -0.3 is 4.74 Å². The van der Waals surface area contributed by atoms with Crippen LogP contribution in [0.15, 0.2) is 40.6 Å². The Morgan fingerprint density at radius 3 is 2.65 bits per heavy atom. The summed E-state index contributed by atoms with van der Waals surface area (Å²) in [5, 5.41) is 0.699. The number of halogens is 2. The Bertz CT molecular complexity index is 592. The lowest BCUT2D eigenvalue weighted by molar-refractivity contribution is 0.282. The summed E-state index contributed by atoms with van der Waals surface area (Å²) in [6, 6.07) is 3.48. The van der Waals surface area contributed by atoms with E-state index in [1.165, 1.54) is 5.57 Å². The minimum absolute atomic E-state index is 0.327. The van der Waals surface area contributed by atoms with Crippen LogP contribution in [0.5, 0.6) is 0 Å². The molecule has 0 fully saturated rings. The molecule has 0 bridgehead atoms. The predicted octanol–water partition coefficient (Wildman–Crippen LogP) is 5.12. The van der Waals surface area contributed by atoms with Gasteiger partial charge in [0.05, 0.1) is 12.9 Å². The van der Waals surface area contributed by atoms with Gasteiger partial charge in [0, 0.05) is 12.1 Å². The van der Waals surface area contributed by atoms with Crippen molar-refractivity contribution in [2.24, 2.45) is 4.99 Å². The van der Waals surface area contributed by atoms with E-state index in [4.69, 9.17) is 27.9 Å². The van der Waals surface area contributed by atoms with Crippen LogP contribution in [0.2, 0.25) is 10.3 Å². The number of pyridine rings is 1. The highest BCUT2D eigenvalue weighted by Gasteiger charge is 2.11. The second kappa shape index (κ2) is 6.91. The Morgan fingerprint density at radius 1 is 1.30 bits per heavy atom. The van der Waals surface area contributed by atoms with Crippen LogP contribution in [0.4, 0.5) is 5.69 Å². The second-order valence-corrected chi connectivity index (χ2v) is 5.11. The molecule has 0 saturated heterocycles. The number of hydrogen-bond donors (Lipinski definition) is 0. The molecule has 1 aliphatic rings. The number of allylic oxidation sites excluding steroid dienone is 3. The molecule has 2 rings (SSSR count). The summed E-state index contributed by atoms with van der Waals surface area (Å²) in [6.45, 7) is 2.08. The Hall–Kier alpha value is -1.32. The van der Waals surface area contributed by atoms with Crippen LogP contribution in [0.3, 0.4) is 0 Å². The number of aliphatic imine (C=N–C) groups is 1. The highest BCUT2D eigenvalue weighted by atomic mass is 35.5. The highest BCUT2D eigenvalue weighted by molar-refractivity contribution is 6.34. The van der Waals surface area contributed by atoms with Crippen LogP contribution in [0.1, 0.15) is 26.2 Å². The summed E-state index contributed by atoms with van der Waals surface area (Å²) in [5.41, 5.74) is 2.87. The molecule has 0 N–H and O–H groups in total. The second-order valence-electron chi connectivity index (χ2n) is 4.37. The summed E-state index contributed by atoms with van der Waals surface area (Å²) >= 11 is 11.9. The SMILES string of the molecule is CCC(=Nc1ccc(Cl)nc1Cl)C1=CCC(OC)=CC1. The molecule has 0 aromatic carbocycles. The van der Waals surface area contributed by atoms with Crippen molar-refractivity contribution < 1.29 is 4.74 Å². The molecule has 5 heteroatoms. The topological polar surface area (TPSA) is 34.5 Å². The summed E-state index contributed by atoms with van der Waals surface area (Å²) < 4.78 is 5.23. The van der Waals surface area contributed by atoms with Crippen LogP contribution in [0, 0.1) is 0 Å². The fourth-order valence-corrected chi connectivity index (χ4v) is 2.42. The molecule has 0 atom stereocenters. The first kappa shape index (κ1) is 15.1. The zero-order valence-corrected chi connectivity index (χ0v) is 13.0. The van der Waals surface area contributed by atoms with E-state index < -0.39 is 0 Å². The summed E-state index contributed by atoms with van der Waals surface area (Å²) in [6.07, 6.45) is 6.70. The number of methoxy groups -OCH3 is 1. The van der Waals surface area contributed by atoms with Crippen molar-refractivity contribution in [2.75, 3.05) is 7.11 Å². The van der Waals surface area contributed by atoms with E-state index in [-0.39, 0.29) is 0 Å². The maximum Gasteiger partial charge on any atom is 0.156 e. The fraction of sp³-hybridized carbons (Fsp3) is 0.333. The van der Waals surface area contributed by atoms with Crippen LogP contribution < -0.4 is 0 Å². The van der Waals surface area contributed by atoms with Gasteiger partial charge in [0.1, 0.15) is 10.8 Å². The average Bonchev–Trinajstić information content (AvgIpc) is 2.47. The standard InChI is InChI=1S/C15H16Cl2N2O/c1-3-12(10-4-6-11(20-2)7-5-10)18-13-8-9-14(16)19-15(13)17/h4,7-9H,3,5-6H2,1-2H3. The molecular formula is C15H16Cl2N2O. The van der Waals surface area contributed by atoms with Crippen molar-refractivity contribution in [3.05, 3.63) is 45.9 Å². The molecule has 1 heterocycles.